The lowest BCUT2D eigenvalue weighted by atomic mass is 10.0. The molecule has 13 heavy (non-hydrogen) atoms. The van der Waals surface area contributed by atoms with E-state index in [1.165, 1.54) is 0 Å². The second-order valence-electron chi connectivity index (χ2n) is 3.05. The van der Waals surface area contributed by atoms with Gasteiger partial charge in [0.15, 0.2) is 0 Å². The minimum Gasteiger partial charge on any atom is -0.346 e. The monoisotopic (exact) mass is 183 g/mol. The molecule has 74 valence electrons. The van der Waals surface area contributed by atoms with Gasteiger partial charge in [-0.25, -0.2) is 0 Å². The zero-order valence-corrected chi connectivity index (χ0v) is 8.30. The molecule has 0 fully saturated rings. The molecule has 1 amide bonds. The van der Waals surface area contributed by atoms with Crippen LogP contribution in [0.2, 0.25) is 0 Å². The predicted octanol–water partition coefficient (Wildman–Crippen LogP) is 1.29. The van der Waals surface area contributed by atoms with Crippen LogP contribution < -0.4 is 5.32 Å². The Labute approximate surface area is 79.2 Å². The number of carbonyl (C=O) groups is 2. The molecule has 1 unspecified atom stereocenters. The Morgan fingerprint density at radius 1 is 1.54 bits per heavy atom. The highest BCUT2D eigenvalue weighted by atomic mass is 16.2. The van der Waals surface area contributed by atoms with Crippen LogP contribution in [0.3, 0.4) is 0 Å². The molecule has 1 atom stereocenters. The largest absolute Gasteiger partial charge is 0.346 e. The number of rotatable bonds is 6. The molecule has 0 rings (SSSR count). The molecule has 0 aliphatic rings. The number of hydrogen-bond acceptors (Lipinski definition) is 2. The van der Waals surface area contributed by atoms with Gasteiger partial charge in [-0.3, -0.25) is 9.59 Å². The van der Waals surface area contributed by atoms with E-state index in [-0.39, 0.29) is 11.7 Å². The SMILES string of the molecule is C=CCNC(=O)C(=O)C(C)CCC. The van der Waals surface area contributed by atoms with Crippen molar-refractivity contribution in [2.45, 2.75) is 26.7 Å². The fraction of sp³-hybridized carbons (Fsp3) is 0.600. The number of Topliss-reactive ketones (excluding diaryl/α,β-unsaturated/α-hetero) is 1. The molecule has 0 saturated heterocycles. The number of nitrogens with one attached hydrogen (secondary N) is 1. The van der Waals surface area contributed by atoms with Crippen molar-refractivity contribution in [2.75, 3.05) is 6.54 Å². The van der Waals surface area contributed by atoms with Crippen LogP contribution in [0.5, 0.6) is 0 Å². The third-order valence-corrected chi connectivity index (χ3v) is 1.80. The van der Waals surface area contributed by atoms with E-state index in [1.807, 2.05) is 6.92 Å². The number of hydrogen-bond donors (Lipinski definition) is 1. The fourth-order valence-electron chi connectivity index (χ4n) is 1.04. The van der Waals surface area contributed by atoms with E-state index >= 15 is 0 Å². The summed E-state index contributed by atoms with van der Waals surface area (Å²) < 4.78 is 0. The molecule has 3 nitrogen and oxygen atoms in total. The van der Waals surface area contributed by atoms with Gasteiger partial charge in [-0.15, -0.1) is 6.58 Å². The van der Waals surface area contributed by atoms with Gasteiger partial charge in [0, 0.05) is 12.5 Å². The van der Waals surface area contributed by atoms with Crippen LogP contribution in [0.15, 0.2) is 12.7 Å². The van der Waals surface area contributed by atoms with Crippen molar-refractivity contribution < 1.29 is 9.59 Å². The molecular formula is C10H17NO2. The second-order valence-corrected chi connectivity index (χ2v) is 3.05. The first-order valence-corrected chi connectivity index (χ1v) is 4.56. The molecule has 0 bridgehead atoms. The Balaban J connectivity index is 3.94. The summed E-state index contributed by atoms with van der Waals surface area (Å²) in [5.74, 6) is -1.00. The summed E-state index contributed by atoms with van der Waals surface area (Å²) in [6.45, 7) is 7.57. The van der Waals surface area contributed by atoms with Crippen molar-refractivity contribution in [3.05, 3.63) is 12.7 Å². The third-order valence-electron chi connectivity index (χ3n) is 1.80. The standard InChI is InChI=1S/C10H17NO2/c1-4-6-8(3)9(12)10(13)11-7-5-2/h5,8H,2,4,6-7H2,1,3H3,(H,11,13). The normalized spacial score (nSPS) is 11.8. The third kappa shape index (κ3) is 4.45. The maximum absolute atomic E-state index is 11.3. The highest BCUT2D eigenvalue weighted by molar-refractivity contribution is 6.36. The molecule has 3 heteroatoms. The van der Waals surface area contributed by atoms with E-state index in [0.717, 1.165) is 12.8 Å². The first-order valence-electron chi connectivity index (χ1n) is 4.56. The number of amides is 1. The van der Waals surface area contributed by atoms with Crippen LogP contribution in [-0.4, -0.2) is 18.2 Å². The maximum Gasteiger partial charge on any atom is 0.287 e. The van der Waals surface area contributed by atoms with Crippen LogP contribution in [0, 0.1) is 5.92 Å². The van der Waals surface area contributed by atoms with Crippen molar-refractivity contribution in [2.24, 2.45) is 5.92 Å². The van der Waals surface area contributed by atoms with E-state index in [2.05, 4.69) is 11.9 Å². The summed E-state index contributed by atoms with van der Waals surface area (Å²) in [6.07, 6.45) is 3.23. The highest BCUT2D eigenvalue weighted by Crippen LogP contribution is 2.05. The van der Waals surface area contributed by atoms with Gasteiger partial charge < -0.3 is 5.32 Å². The van der Waals surface area contributed by atoms with Crippen molar-refractivity contribution in [1.82, 2.24) is 5.32 Å². The topological polar surface area (TPSA) is 46.2 Å². The Bertz CT molecular complexity index is 199. The van der Waals surface area contributed by atoms with Crippen LogP contribution >= 0.6 is 0 Å². The summed E-state index contributed by atoms with van der Waals surface area (Å²) in [6, 6.07) is 0. The lowest BCUT2D eigenvalue weighted by Gasteiger charge is -2.07. The van der Waals surface area contributed by atoms with Crippen molar-refractivity contribution in [3.8, 4) is 0 Å². The highest BCUT2D eigenvalue weighted by Gasteiger charge is 2.19. The van der Waals surface area contributed by atoms with Gasteiger partial charge in [0.1, 0.15) is 0 Å². The van der Waals surface area contributed by atoms with Gasteiger partial charge in [0.05, 0.1) is 0 Å². The van der Waals surface area contributed by atoms with Gasteiger partial charge in [0.25, 0.3) is 5.91 Å². The summed E-state index contributed by atoms with van der Waals surface area (Å²) in [4.78, 5) is 22.4. The number of ketones is 1. The van der Waals surface area contributed by atoms with E-state index in [1.54, 1.807) is 13.0 Å². The number of carbonyl (C=O) groups excluding carboxylic acids is 2. The minimum absolute atomic E-state index is 0.171. The van der Waals surface area contributed by atoms with Crippen molar-refractivity contribution in [1.29, 1.82) is 0 Å². The van der Waals surface area contributed by atoms with Crippen molar-refractivity contribution in [3.63, 3.8) is 0 Å². The second kappa shape index (κ2) is 6.40. The summed E-state index contributed by atoms with van der Waals surface area (Å²) in [7, 11) is 0. The average molecular weight is 183 g/mol. The Hall–Kier alpha value is -1.12. The van der Waals surface area contributed by atoms with Crippen LogP contribution in [0.1, 0.15) is 26.7 Å². The van der Waals surface area contributed by atoms with Gasteiger partial charge in [0.2, 0.25) is 5.78 Å². The molecule has 0 aromatic heterocycles. The van der Waals surface area contributed by atoms with Crippen molar-refractivity contribution >= 4 is 11.7 Å². The van der Waals surface area contributed by atoms with E-state index in [0.29, 0.717) is 6.54 Å². The molecular weight excluding hydrogens is 166 g/mol. The van der Waals surface area contributed by atoms with Crippen LogP contribution in [0.4, 0.5) is 0 Å². The molecule has 0 heterocycles. The molecule has 0 spiro atoms. The molecule has 0 aromatic carbocycles. The first-order chi connectivity index (χ1) is 6.13. The summed E-state index contributed by atoms with van der Waals surface area (Å²) in [5, 5.41) is 2.46. The van der Waals surface area contributed by atoms with Crippen LogP contribution in [0.25, 0.3) is 0 Å². The first kappa shape index (κ1) is 11.9. The molecule has 1 N–H and O–H groups in total. The van der Waals surface area contributed by atoms with Crippen LogP contribution in [-0.2, 0) is 9.59 Å². The van der Waals surface area contributed by atoms with Gasteiger partial charge in [-0.2, -0.15) is 0 Å². The van der Waals surface area contributed by atoms with Gasteiger partial charge in [-0.05, 0) is 6.42 Å². The maximum atomic E-state index is 11.3. The van der Waals surface area contributed by atoms with Gasteiger partial charge >= 0.3 is 0 Å². The summed E-state index contributed by atoms with van der Waals surface area (Å²) in [5.41, 5.74) is 0. The predicted molar refractivity (Wildman–Crippen MR) is 52.3 cm³/mol. The Morgan fingerprint density at radius 3 is 2.62 bits per heavy atom. The van der Waals surface area contributed by atoms with E-state index in [9.17, 15) is 9.59 Å². The van der Waals surface area contributed by atoms with E-state index < -0.39 is 5.91 Å². The van der Waals surface area contributed by atoms with Gasteiger partial charge in [-0.1, -0.05) is 26.3 Å². The summed E-state index contributed by atoms with van der Waals surface area (Å²) >= 11 is 0. The molecule has 0 radical (unpaired) electrons. The lowest BCUT2D eigenvalue weighted by Crippen LogP contribution is -2.34. The van der Waals surface area contributed by atoms with E-state index in [4.69, 9.17) is 0 Å². The average Bonchev–Trinajstić information content (AvgIpc) is 2.13. The zero-order valence-electron chi connectivity index (χ0n) is 8.30. The Kier molecular flexibility index (Phi) is 5.85. The molecule has 0 aliphatic carbocycles. The Morgan fingerprint density at radius 2 is 2.15 bits per heavy atom. The fourth-order valence-corrected chi connectivity index (χ4v) is 1.04. The molecule has 0 saturated carbocycles. The molecule has 0 aliphatic heterocycles. The quantitative estimate of drug-likeness (QED) is 0.498. The molecule has 0 aromatic rings. The smallest absolute Gasteiger partial charge is 0.287 e. The minimum atomic E-state index is -0.499. The zero-order chi connectivity index (χ0) is 10.3. The lowest BCUT2D eigenvalue weighted by molar-refractivity contribution is -0.139.